The van der Waals surface area contributed by atoms with E-state index in [1.807, 2.05) is 12.3 Å². The lowest BCUT2D eigenvalue weighted by atomic mass is 10.0. The highest BCUT2D eigenvalue weighted by atomic mass is 15.3. The minimum Gasteiger partial charge on any atom is -0.364 e. The fraction of sp³-hybridized carbons (Fsp3) is 0.714. The van der Waals surface area contributed by atoms with Crippen LogP contribution in [0.2, 0.25) is 0 Å². The maximum Gasteiger partial charge on any atom is 0.0357 e. The van der Waals surface area contributed by atoms with Gasteiger partial charge in [0.15, 0.2) is 0 Å². The molecule has 2 N–H and O–H groups in total. The maximum atomic E-state index is 3.55. The molecule has 4 nitrogen and oxygen atoms in total. The summed E-state index contributed by atoms with van der Waals surface area (Å²) >= 11 is 0. The van der Waals surface area contributed by atoms with E-state index in [1.54, 1.807) is 0 Å². The predicted molar refractivity (Wildman–Crippen MR) is 75.6 cm³/mol. The molecule has 0 atom stereocenters. The van der Waals surface area contributed by atoms with Gasteiger partial charge in [0.1, 0.15) is 0 Å². The lowest BCUT2D eigenvalue weighted by Crippen LogP contribution is -2.57. The van der Waals surface area contributed by atoms with E-state index in [9.17, 15) is 0 Å². The van der Waals surface area contributed by atoms with Crippen molar-refractivity contribution in [3.63, 3.8) is 0 Å². The maximum absolute atomic E-state index is 3.55. The summed E-state index contributed by atoms with van der Waals surface area (Å²) in [6.45, 7) is 11.3. The van der Waals surface area contributed by atoms with Crippen molar-refractivity contribution in [1.29, 1.82) is 0 Å². The average Bonchev–Trinajstić information content (AvgIpc) is 2.82. The third-order valence-corrected chi connectivity index (χ3v) is 3.89. The first-order valence-corrected chi connectivity index (χ1v) is 6.84. The van der Waals surface area contributed by atoms with E-state index in [1.165, 1.54) is 31.9 Å². The summed E-state index contributed by atoms with van der Waals surface area (Å²) in [4.78, 5) is 8.22. The minimum absolute atomic E-state index is 0.230. The van der Waals surface area contributed by atoms with Crippen molar-refractivity contribution < 1.29 is 0 Å². The molecule has 1 fully saturated rings. The topological polar surface area (TPSA) is 34.3 Å². The molecule has 0 radical (unpaired) electrons. The van der Waals surface area contributed by atoms with Crippen molar-refractivity contribution in [1.82, 2.24) is 20.1 Å². The van der Waals surface area contributed by atoms with Crippen LogP contribution in [0, 0.1) is 0 Å². The van der Waals surface area contributed by atoms with Gasteiger partial charge in [-0.2, -0.15) is 0 Å². The zero-order valence-corrected chi connectivity index (χ0v) is 11.9. The molecule has 1 saturated heterocycles. The van der Waals surface area contributed by atoms with Crippen molar-refractivity contribution in [3.8, 4) is 0 Å². The molecule has 4 heteroatoms. The number of likely N-dealkylation sites (N-methyl/N-ethyl adjacent to an activating group) is 1. The Morgan fingerprint density at radius 3 is 2.61 bits per heavy atom. The Bertz CT molecular complexity index is 337. The lowest BCUT2D eigenvalue weighted by molar-refractivity contribution is 0.0617. The van der Waals surface area contributed by atoms with Crippen LogP contribution in [0.5, 0.6) is 0 Å². The smallest absolute Gasteiger partial charge is 0.0357 e. The van der Waals surface area contributed by atoms with Crippen LogP contribution in [0.3, 0.4) is 0 Å². The van der Waals surface area contributed by atoms with E-state index in [4.69, 9.17) is 0 Å². The second-order valence-corrected chi connectivity index (χ2v) is 5.90. The summed E-state index contributed by atoms with van der Waals surface area (Å²) in [6.07, 6.45) is 1.97. The number of hydrogen-bond donors (Lipinski definition) is 2. The summed E-state index contributed by atoms with van der Waals surface area (Å²) in [5.41, 5.74) is 1.48. The first kappa shape index (κ1) is 13.6. The van der Waals surface area contributed by atoms with E-state index in [2.05, 4.69) is 47.1 Å². The van der Waals surface area contributed by atoms with Crippen LogP contribution in [-0.4, -0.2) is 60.1 Å². The molecule has 2 rings (SSSR count). The van der Waals surface area contributed by atoms with Crippen LogP contribution in [0.15, 0.2) is 18.3 Å². The van der Waals surface area contributed by atoms with Crippen LogP contribution >= 0.6 is 0 Å². The summed E-state index contributed by atoms with van der Waals surface area (Å²) < 4.78 is 0. The van der Waals surface area contributed by atoms with Gasteiger partial charge in [0.25, 0.3) is 0 Å². The normalized spacial score (nSPS) is 19.3. The fourth-order valence-electron chi connectivity index (χ4n) is 2.50. The Labute approximate surface area is 110 Å². The Kier molecular flexibility index (Phi) is 4.43. The van der Waals surface area contributed by atoms with Crippen molar-refractivity contribution in [3.05, 3.63) is 24.0 Å². The average molecular weight is 250 g/mol. The second-order valence-electron chi connectivity index (χ2n) is 5.90. The summed E-state index contributed by atoms with van der Waals surface area (Å²) in [5.74, 6) is 0. The van der Waals surface area contributed by atoms with E-state index >= 15 is 0 Å². The summed E-state index contributed by atoms with van der Waals surface area (Å²) in [5, 5.41) is 3.55. The van der Waals surface area contributed by atoms with Gasteiger partial charge in [-0.05, 0) is 33.0 Å². The lowest BCUT2D eigenvalue weighted by Gasteiger charge is -2.43. The number of nitrogens with one attached hydrogen (secondary N) is 2. The van der Waals surface area contributed by atoms with Gasteiger partial charge in [-0.25, -0.2) is 0 Å². The molecule has 102 valence electrons. The van der Waals surface area contributed by atoms with Crippen LogP contribution < -0.4 is 5.32 Å². The summed E-state index contributed by atoms with van der Waals surface area (Å²) in [6, 6.07) is 4.17. The van der Waals surface area contributed by atoms with Crippen LogP contribution in [0.1, 0.15) is 19.5 Å². The van der Waals surface area contributed by atoms with Crippen LogP contribution in [-0.2, 0) is 6.54 Å². The van der Waals surface area contributed by atoms with E-state index in [-0.39, 0.29) is 5.54 Å². The van der Waals surface area contributed by atoms with Crippen molar-refractivity contribution >= 4 is 0 Å². The number of aromatic nitrogens is 1. The molecule has 2 heterocycles. The fourth-order valence-corrected chi connectivity index (χ4v) is 2.50. The zero-order chi connectivity index (χ0) is 13.0. The SMILES string of the molecule is CN1CCN(C(C)(C)CNCc2ccc[nH]2)CC1. The molecule has 0 bridgehead atoms. The van der Waals surface area contributed by atoms with E-state index in [0.29, 0.717) is 0 Å². The molecule has 1 aromatic heterocycles. The molecule has 0 unspecified atom stereocenters. The van der Waals surface area contributed by atoms with E-state index in [0.717, 1.165) is 13.1 Å². The zero-order valence-electron chi connectivity index (χ0n) is 11.9. The molecule has 0 amide bonds. The minimum atomic E-state index is 0.230. The van der Waals surface area contributed by atoms with Gasteiger partial charge >= 0.3 is 0 Å². The monoisotopic (exact) mass is 250 g/mol. The molecule has 0 spiro atoms. The molecular weight excluding hydrogens is 224 g/mol. The quantitative estimate of drug-likeness (QED) is 0.822. The first-order chi connectivity index (χ1) is 8.58. The number of nitrogens with zero attached hydrogens (tertiary/aromatic N) is 2. The van der Waals surface area contributed by atoms with Crippen LogP contribution in [0.4, 0.5) is 0 Å². The number of rotatable bonds is 5. The highest BCUT2D eigenvalue weighted by Gasteiger charge is 2.28. The van der Waals surface area contributed by atoms with Gasteiger partial charge in [0.05, 0.1) is 0 Å². The number of hydrogen-bond acceptors (Lipinski definition) is 3. The largest absolute Gasteiger partial charge is 0.364 e. The van der Waals surface area contributed by atoms with Gasteiger partial charge < -0.3 is 15.2 Å². The third kappa shape index (κ3) is 3.57. The van der Waals surface area contributed by atoms with Crippen molar-refractivity contribution in [2.24, 2.45) is 0 Å². The highest BCUT2D eigenvalue weighted by molar-refractivity contribution is 5.03. The summed E-state index contributed by atoms with van der Waals surface area (Å²) in [7, 11) is 2.20. The van der Waals surface area contributed by atoms with Crippen molar-refractivity contribution in [2.75, 3.05) is 39.8 Å². The number of piperazine rings is 1. The predicted octanol–water partition coefficient (Wildman–Crippen LogP) is 1.13. The highest BCUT2D eigenvalue weighted by Crippen LogP contribution is 2.15. The van der Waals surface area contributed by atoms with Crippen molar-refractivity contribution in [2.45, 2.75) is 25.9 Å². The molecule has 18 heavy (non-hydrogen) atoms. The number of H-pyrrole nitrogens is 1. The standard InChI is InChI=1S/C14H26N4/c1-14(2,18-9-7-17(3)8-10-18)12-15-11-13-5-4-6-16-13/h4-6,15-16H,7-12H2,1-3H3. The van der Waals surface area contributed by atoms with Gasteiger partial charge in [-0.3, -0.25) is 4.90 Å². The van der Waals surface area contributed by atoms with Gasteiger partial charge in [-0.15, -0.1) is 0 Å². The van der Waals surface area contributed by atoms with E-state index < -0.39 is 0 Å². The molecule has 0 saturated carbocycles. The Balaban J connectivity index is 1.76. The molecule has 0 aromatic carbocycles. The Hall–Kier alpha value is -0.840. The van der Waals surface area contributed by atoms with Gasteiger partial charge in [0, 0.05) is 56.7 Å². The second kappa shape index (κ2) is 5.87. The Morgan fingerprint density at radius 1 is 1.28 bits per heavy atom. The molecular formula is C14H26N4. The molecule has 1 aliphatic heterocycles. The third-order valence-electron chi connectivity index (χ3n) is 3.89. The molecule has 0 aliphatic carbocycles. The Morgan fingerprint density at radius 2 is 2.00 bits per heavy atom. The number of aromatic amines is 1. The van der Waals surface area contributed by atoms with Crippen LogP contribution in [0.25, 0.3) is 0 Å². The molecule has 1 aliphatic rings. The van der Waals surface area contributed by atoms with Gasteiger partial charge in [0.2, 0.25) is 0 Å². The molecule has 1 aromatic rings. The first-order valence-electron chi connectivity index (χ1n) is 6.84. The van der Waals surface area contributed by atoms with Gasteiger partial charge in [-0.1, -0.05) is 0 Å².